The summed E-state index contributed by atoms with van der Waals surface area (Å²) in [6, 6.07) is 5.70. The summed E-state index contributed by atoms with van der Waals surface area (Å²) in [7, 11) is 0. The molecule has 3 aromatic heterocycles. The van der Waals surface area contributed by atoms with Crippen molar-refractivity contribution in [1.29, 1.82) is 0 Å². The lowest BCUT2D eigenvalue weighted by molar-refractivity contribution is 0.0592. The molecule has 4 rings (SSSR count). The highest BCUT2D eigenvalue weighted by Gasteiger charge is 2.31. The van der Waals surface area contributed by atoms with Crippen LogP contribution >= 0.6 is 11.6 Å². The van der Waals surface area contributed by atoms with Crippen LogP contribution in [0.4, 0.5) is 0 Å². The van der Waals surface area contributed by atoms with E-state index in [1.807, 2.05) is 47.7 Å². The van der Waals surface area contributed by atoms with E-state index in [4.69, 9.17) is 11.6 Å². The third kappa shape index (κ3) is 3.32. The summed E-state index contributed by atoms with van der Waals surface area (Å²) in [6.07, 6.45) is 5.50. The monoisotopic (exact) mass is 381 g/mol. The lowest BCUT2D eigenvalue weighted by Gasteiger charge is -2.34. The molecule has 7 heteroatoms. The number of halogens is 1. The third-order valence-electron chi connectivity index (χ3n) is 4.92. The van der Waals surface area contributed by atoms with Crippen molar-refractivity contribution < 1.29 is 4.79 Å². The highest BCUT2D eigenvalue weighted by atomic mass is 35.5. The van der Waals surface area contributed by atoms with Crippen molar-refractivity contribution in [2.75, 3.05) is 0 Å². The Morgan fingerprint density at radius 2 is 2.07 bits per heavy atom. The average Bonchev–Trinajstić information content (AvgIpc) is 3.04. The molecule has 4 heterocycles. The van der Waals surface area contributed by atoms with Gasteiger partial charge in [-0.1, -0.05) is 11.6 Å². The van der Waals surface area contributed by atoms with E-state index in [9.17, 15) is 4.79 Å². The van der Waals surface area contributed by atoms with E-state index in [1.165, 1.54) is 0 Å². The number of hydrogen-bond acceptors (Lipinski definition) is 4. The molecule has 1 aliphatic rings. The minimum absolute atomic E-state index is 0.00840. The maximum absolute atomic E-state index is 13.1. The first kappa shape index (κ1) is 17.7. The number of carbonyl (C=O) groups is 1. The van der Waals surface area contributed by atoms with Crippen LogP contribution in [0.1, 0.15) is 34.5 Å². The van der Waals surface area contributed by atoms with E-state index in [2.05, 4.69) is 21.9 Å². The maximum atomic E-state index is 13.1. The van der Waals surface area contributed by atoms with Crippen LogP contribution in [-0.4, -0.2) is 36.4 Å². The van der Waals surface area contributed by atoms with Crippen LogP contribution in [0.2, 0.25) is 5.15 Å². The molecular formula is C20H20ClN5O. The van der Waals surface area contributed by atoms with Crippen molar-refractivity contribution in [3.63, 3.8) is 0 Å². The summed E-state index contributed by atoms with van der Waals surface area (Å²) in [5.74, 6) is 0.717. The second kappa shape index (κ2) is 6.78. The molecule has 0 spiro atoms. The summed E-state index contributed by atoms with van der Waals surface area (Å²) in [6.45, 7) is 7.12. The first-order valence-electron chi connectivity index (χ1n) is 8.84. The van der Waals surface area contributed by atoms with Crippen molar-refractivity contribution in [2.24, 2.45) is 0 Å². The normalized spacial score (nSPS) is 16.5. The molecule has 0 fully saturated rings. The summed E-state index contributed by atoms with van der Waals surface area (Å²) in [4.78, 5) is 27.7. The smallest absolute Gasteiger partial charge is 0.271 e. The Morgan fingerprint density at radius 3 is 2.85 bits per heavy atom. The fraction of sp³-hybridized carbons (Fsp3) is 0.300. The standard InChI is InChI=1S/C20H20ClN5O/c1-12-8-23-19(21)7-17(12)15-6-18-20(27)26(13(2)9-25(18)10-15)11-16-4-5-22-14(3)24-16/h4-8,10,13H,9,11H2,1-3H3/t13-/m0/s1. The molecule has 3 aromatic rings. The molecule has 27 heavy (non-hydrogen) atoms. The van der Waals surface area contributed by atoms with E-state index < -0.39 is 0 Å². The Labute approximate surface area is 162 Å². The minimum atomic E-state index is 0.00840. The summed E-state index contributed by atoms with van der Waals surface area (Å²) < 4.78 is 2.03. The zero-order chi connectivity index (χ0) is 19.1. The second-order valence-corrected chi connectivity index (χ2v) is 7.35. The molecule has 0 unspecified atom stereocenters. The van der Waals surface area contributed by atoms with Crippen molar-refractivity contribution >= 4 is 17.5 Å². The molecule has 0 bridgehead atoms. The van der Waals surface area contributed by atoms with Gasteiger partial charge >= 0.3 is 0 Å². The topological polar surface area (TPSA) is 63.9 Å². The molecular weight excluding hydrogens is 362 g/mol. The van der Waals surface area contributed by atoms with Crippen LogP contribution in [-0.2, 0) is 13.1 Å². The molecule has 0 aromatic carbocycles. The summed E-state index contributed by atoms with van der Waals surface area (Å²) in [5.41, 5.74) is 4.53. The molecule has 138 valence electrons. The fourth-order valence-electron chi connectivity index (χ4n) is 3.52. The summed E-state index contributed by atoms with van der Waals surface area (Å²) >= 11 is 6.07. The number of amides is 1. The number of fused-ring (bicyclic) bond motifs is 1. The Kier molecular flexibility index (Phi) is 4.44. The number of aryl methyl sites for hydroxylation is 2. The Hall–Kier alpha value is -2.73. The zero-order valence-corrected chi connectivity index (χ0v) is 16.2. The molecule has 0 saturated heterocycles. The predicted molar refractivity (Wildman–Crippen MR) is 104 cm³/mol. The largest absolute Gasteiger partial charge is 0.341 e. The van der Waals surface area contributed by atoms with Crippen LogP contribution in [0.25, 0.3) is 11.1 Å². The molecule has 1 atom stereocenters. The van der Waals surface area contributed by atoms with Crippen LogP contribution in [0.3, 0.4) is 0 Å². The van der Waals surface area contributed by atoms with Crippen molar-refractivity contribution in [3.05, 3.63) is 64.7 Å². The van der Waals surface area contributed by atoms with Gasteiger partial charge in [-0.25, -0.2) is 15.0 Å². The van der Waals surface area contributed by atoms with Crippen molar-refractivity contribution in [1.82, 2.24) is 24.4 Å². The number of pyridine rings is 1. The highest BCUT2D eigenvalue weighted by molar-refractivity contribution is 6.29. The molecule has 1 aliphatic heterocycles. The van der Waals surface area contributed by atoms with Gasteiger partial charge < -0.3 is 9.47 Å². The van der Waals surface area contributed by atoms with E-state index in [-0.39, 0.29) is 11.9 Å². The van der Waals surface area contributed by atoms with Gasteiger partial charge in [0.1, 0.15) is 16.7 Å². The van der Waals surface area contributed by atoms with Crippen molar-refractivity contribution in [3.8, 4) is 11.1 Å². The van der Waals surface area contributed by atoms with Gasteiger partial charge in [-0.2, -0.15) is 0 Å². The van der Waals surface area contributed by atoms with Gasteiger partial charge in [0.2, 0.25) is 0 Å². The SMILES string of the molecule is Cc1nccc(CN2C(=O)c3cc(-c4cc(Cl)ncc4C)cn3C[C@@H]2C)n1. The van der Waals surface area contributed by atoms with Gasteiger partial charge in [-0.15, -0.1) is 0 Å². The molecule has 6 nitrogen and oxygen atoms in total. The van der Waals surface area contributed by atoms with Gasteiger partial charge in [0.05, 0.1) is 12.2 Å². The molecule has 0 N–H and O–H groups in total. The highest BCUT2D eigenvalue weighted by Crippen LogP contribution is 2.30. The number of aromatic nitrogens is 4. The first-order chi connectivity index (χ1) is 12.9. The van der Waals surface area contributed by atoms with Crippen molar-refractivity contribution in [2.45, 2.75) is 39.9 Å². The van der Waals surface area contributed by atoms with Gasteiger partial charge in [-0.05, 0) is 50.1 Å². The molecule has 1 amide bonds. The van der Waals surface area contributed by atoms with E-state index >= 15 is 0 Å². The van der Waals surface area contributed by atoms with Crippen LogP contribution in [0.5, 0.6) is 0 Å². The Morgan fingerprint density at radius 1 is 1.26 bits per heavy atom. The predicted octanol–water partition coefficient (Wildman–Crippen LogP) is 3.65. The van der Waals surface area contributed by atoms with E-state index in [0.29, 0.717) is 23.2 Å². The Balaban J connectivity index is 1.67. The molecule has 0 radical (unpaired) electrons. The average molecular weight is 382 g/mol. The van der Waals surface area contributed by atoms with E-state index in [1.54, 1.807) is 12.4 Å². The quantitative estimate of drug-likeness (QED) is 0.649. The minimum Gasteiger partial charge on any atom is -0.341 e. The number of carbonyl (C=O) groups excluding carboxylic acids is 1. The lowest BCUT2D eigenvalue weighted by Crippen LogP contribution is -2.45. The number of nitrogens with zero attached hydrogens (tertiary/aromatic N) is 5. The zero-order valence-electron chi connectivity index (χ0n) is 15.5. The van der Waals surface area contributed by atoms with Crippen LogP contribution in [0.15, 0.2) is 36.8 Å². The maximum Gasteiger partial charge on any atom is 0.271 e. The van der Waals surface area contributed by atoms with Crippen LogP contribution in [0, 0.1) is 13.8 Å². The second-order valence-electron chi connectivity index (χ2n) is 6.97. The van der Waals surface area contributed by atoms with E-state index in [0.717, 1.165) is 28.9 Å². The van der Waals surface area contributed by atoms with Gasteiger partial charge in [0.15, 0.2) is 0 Å². The molecule has 0 aliphatic carbocycles. The third-order valence-corrected chi connectivity index (χ3v) is 5.12. The number of rotatable bonds is 3. The fourth-order valence-corrected chi connectivity index (χ4v) is 3.68. The summed E-state index contributed by atoms with van der Waals surface area (Å²) in [5, 5.41) is 0.445. The van der Waals surface area contributed by atoms with Gasteiger partial charge in [0, 0.05) is 36.7 Å². The van der Waals surface area contributed by atoms with Gasteiger partial charge in [0.25, 0.3) is 5.91 Å². The molecule has 0 saturated carbocycles. The van der Waals surface area contributed by atoms with Gasteiger partial charge in [-0.3, -0.25) is 4.79 Å². The Bertz CT molecular complexity index is 1030. The van der Waals surface area contributed by atoms with Crippen LogP contribution < -0.4 is 0 Å². The number of hydrogen-bond donors (Lipinski definition) is 0. The lowest BCUT2D eigenvalue weighted by atomic mass is 10.1. The first-order valence-corrected chi connectivity index (χ1v) is 9.22.